The van der Waals surface area contributed by atoms with E-state index in [0.29, 0.717) is 24.3 Å². The van der Waals surface area contributed by atoms with E-state index in [0.717, 1.165) is 0 Å². The molecule has 0 unspecified atom stereocenters. The molecule has 1 aromatic carbocycles. The third-order valence-electron chi connectivity index (χ3n) is 3.33. The van der Waals surface area contributed by atoms with Crippen molar-refractivity contribution >= 4 is 38.9 Å². The highest BCUT2D eigenvalue weighted by Gasteiger charge is 2.28. The average Bonchev–Trinajstić information content (AvgIpc) is 3.10. The maximum atomic E-state index is 11.9. The molecule has 1 amide bonds. The highest BCUT2D eigenvalue weighted by molar-refractivity contribution is 7.93. The van der Waals surface area contributed by atoms with Crippen molar-refractivity contribution in [2.24, 2.45) is 0 Å². The average molecular weight is 341 g/mol. The molecule has 0 spiro atoms. The maximum absolute atomic E-state index is 11.9. The number of anilines is 2. The third-order valence-corrected chi connectivity index (χ3v) is 5.52. The Morgan fingerprint density at radius 2 is 2.14 bits per heavy atom. The van der Waals surface area contributed by atoms with Crippen molar-refractivity contribution in [3.05, 3.63) is 47.4 Å². The summed E-state index contributed by atoms with van der Waals surface area (Å²) < 4.78 is 30.1. The molecule has 8 heteroatoms. The molecule has 2 heterocycles. The van der Waals surface area contributed by atoms with Crippen LogP contribution in [-0.2, 0) is 10.0 Å². The zero-order valence-corrected chi connectivity index (χ0v) is 13.0. The van der Waals surface area contributed by atoms with Crippen LogP contribution in [-0.4, -0.2) is 26.6 Å². The van der Waals surface area contributed by atoms with Gasteiger partial charge in [-0.2, -0.15) is 0 Å². The van der Waals surface area contributed by atoms with E-state index in [1.807, 2.05) is 0 Å². The second-order valence-corrected chi connectivity index (χ2v) is 7.26. The maximum Gasteiger partial charge on any atom is 0.291 e. The van der Waals surface area contributed by atoms with Gasteiger partial charge in [0.2, 0.25) is 10.0 Å². The van der Waals surface area contributed by atoms with Crippen LogP contribution >= 0.6 is 11.6 Å². The zero-order chi connectivity index (χ0) is 15.7. The summed E-state index contributed by atoms with van der Waals surface area (Å²) >= 11 is 6.14. The Balaban J connectivity index is 1.82. The molecule has 3 rings (SSSR count). The first-order chi connectivity index (χ1) is 10.5. The predicted molar refractivity (Wildman–Crippen MR) is 83.9 cm³/mol. The van der Waals surface area contributed by atoms with E-state index in [2.05, 4.69) is 5.32 Å². The summed E-state index contributed by atoms with van der Waals surface area (Å²) in [5.41, 5.74) is 0.891. The van der Waals surface area contributed by atoms with Crippen molar-refractivity contribution in [2.75, 3.05) is 21.9 Å². The van der Waals surface area contributed by atoms with Crippen LogP contribution in [0.1, 0.15) is 17.0 Å². The van der Waals surface area contributed by atoms with Crippen LogP contribution in [0, 0.1) is 0 Å². The molecule has 1 N–H and O–H groups in total. The number of sulfonamides is 1. The summed E-state index contributed by atoms with van der Waals surface area (Å²) in [6, 6.07) is 7.87. The molecule has 116 valence electrons. The number of halogens is 1. The van der Waals surface area contributed by atoms with Gasteiger partial charge < -0.3 is 9.73 Å². The highest BCUT2D eigenvalue weighted by atomic mass is 35.5. The van der Waals surface area contributed by atoms with Crippen LogP contribution in [0.2, 0.25) is 5.02 Å². The molecule has 22 heavy (non-hydrogen) atoms. The first-order valence-corrected chi connectivity index (χ1v) is 8.61. The number of carbonyl (C=O) groups is 1. The molecule has 6 nitrogen and oxygen atoms in total. The van der Waals surface area contributed by atoms with Crippen LogP contribution in [0.3, 0.4) is 0 Å². The minimum atomic E-state index is -3.26. The Labute approximate surface area is 132 Å². The van der Waals surface area contributed by atoms with Crippen molar-refractivity contribution in [1.29, 1.82) is 0 Å². The number of hydrogen-bond donors (Lipinski definition) is 1. The second-order valence-electron chi connectivity index (χ2n) is 4.84. The van der Waals surface area contributed by atoms with Crippen molar-refractivity contribution < 1.29 is 17.6 Å². The second kappa shape index (κ2) is 5.66. The van der Waals surface area contributed by atoms with Crippen molar-refractivity contribution in [1.82, 2.24) is 0 Å². The van der Waals surface area contributed by atoms with E-state index in [1.54, 1.807) is 18.2 Å². The van der Waals surface area contributed by atoms with Gasteiger partial charge in [0.15, 0.2) is 5.76 Å². The lowest BCUT2D eigenvalue weighted by Gasteiger charge is -2.18. The summed E-state index contributed by atoms with van der Waals surface area (Å²) in [6.07, 6.45) is 1.99. The summed E-state index contributed by atoms with van der Waals surface area (Å²) in [4.78, 5) is 11.9. The lowest BCUT2D eigenvalue weighted by molar-refractivity contribution is 0.0996. The van der Waals surface area contributed by atoms with Gasteiger partial charge in [-0.1, -0.05) is 11.6 Å². The number of amides is 1. The lowest BCUT2D eigenvalue weighted by atomic mass is 10.2. The number of furan rings is 1. The largest absolute Gasteiger partial charge is 0.459 e. The summed E-state index contributed by atoms with van der Waals surface area (Å²) in [6.45, 7) is 0.441. The number of carbonyl (C=O) groups excluding carboxylic acids is 1. The summed E-state index contributed by atoms with van der Waals surface area (Å²) in [5, 5.41) is 2.88. The Morgan fingerprint density at radius 3 is 2.73 bits per heavy atom. The molecule has 1 saturated heterocycles. The summed E-state index contributed by atoms with van der Waals surface area (Å²) in [7, 11) is -3.26. The number of hydrogen-bond acceptors (Lipinski definition) is 4. The fourth-order valence-corrected chi connectivity index (χ4v) is 4.06. The Bertz CT molecular complexity index is 802. The van der Waals surface area contributed by atoms with Gasteiger partial charge >= 0.3 is 0 Å². The van der Waals surface area contributed by atoms with Crippen LogP contribution in [0.25, 0.3) is 0 Å². The van der Waals surface area contributed by atoms with E-state index in [-0.39, 0.29) is 16.5 Å². The number of nitrogens with one attached hydrogen (secondary N) is 1. The SMILES string of the molecule is O=C(Nc1ccc(N2CCCS2(=O)=O)cc1Cl)c1ccco1. The van der Waals surface area contributed by atoms with Crippen LogP contribution in [0.4, 0.5) is 11.4 Å². The van der Waals surface area contributed by atoms with Gasteiger partial charge in [-0.3, -0.25) is 9.10 Å². The quantitative estimate of drug-likeness (QED) is 0.931. The van der Waals surface area contributed by atoms with Gasteiger partial charge in [0.1, 0.15) is 0 Å². The molecule has 1 aliphatic heterocycles. The Hall–Kier alpha value is -1.99. The number of rotatable bonds is 3. The molecule has 0 bridgehead atoms. The standard InChI is InChI=1S/C14H13ClN2O4S/c15-11-9-10(17-6-2-8-22(17,19)20)4-5-12(11)16-14(18)13-3-1-7-21-13/h1,3-5,7,9H,2,6,8H2,(H,16,18). The predicted octanol–water partition coefficient (Wildman–Crippen LogP) is 2.73. The molecular formula is C14H13ClN2O4S. The van der Waals surface area contributed by atoms with Gasteiger partial charge in [0, 0.05) is 6.54 Å². The van der Waals surface area contributed by atoms with Gasteiger partial charge in [-0.05, 0) is 36.8 Å². The molecule has 1 aliphatic rings. The van der Waals surface area contributed by atoms with Crippen molar-refractivity contribution in [3.63, 3.8) is 0 Å². The zero-order valence-electron chi connectivity index (χ0n) is 11.5. The highest BCUT2D eigenvalue weighted by Crippen LogP contribution is 2.31. The van der Waals surface area contributed by atoms with E-state index >= 15 is 0 Å². The van der Waals surface area contributed by atoms with E-state index < -0.39 is 15.9 Å². The molecule has 0 radical (unpaired) electrons. The number of nitrogens with zero attached hydrogens (tertiary/aromatic N) is 1. The minimum Gasteiger partial charge on any atom is -0.459 e. The first-order valence-electron chi connectivity index (χ1n) is 6.62. The van der Waals surface area contributed by atoms with Gasteiger partial charge in [-0.15, -0.1) is 0 Å². The van der Waals surface area contributed by atoms with Crippen LogP contribution in [0.5, 0.6) is 0 Å². The molecule has 0 atom stereocenters. The van der Waals surface area contributed by atoms with Crippen molar-refractivity contribution in [3.8, 4) is 0 Å². The fraction of sp³-hybridized carbons (Fsp3) is 0.214. The van der Waals surface area contributed by atoms with Gasteiger partial charge in [-0.25, -0.2) is 8.42 Å². The normalized spacial score (nSPS) is 16.7. The van der Waals surface area contributed by atoms with Gasteiger partial charge in [0.05, 0.1) is 28.4 Å². The third kappa shape index (κ3) is 2.82. The molecule has 2 aromatic rings. The van der Waals surface area contributed by atoms with E-state index in [9.17, 15) is 13.2 Å². The molecule has 0 saturated carbocycles. The van der Waals surface area contributed by atoms with Crippen LogP contribution in [0.15, 0.2) is 41.0 Å². The monoisotopic (exact) mass is 340 g/mol. The van der Waals surface area contributed by atoms with E-state index in [1.165, 1.54) is 22.7 Å². The molecule has 0 aliphatic carbocycles. The van der Waals surface area contributed by atoms with Crippen molar-refractivity contribution in [2.45, 2.75) is 6.42 Å². The molecular weight excluding hydrogens is 328 g/mol. The molecule has 1 aromatic heterocycles. The first kappa shape index (κ1) is 14.9. The topological polar surface area (TPSA) is 79.6 Å². The Morgan fingerprint density at radius 1 is 1.32 bits per heavy atom. The van der Waals surface area contributed by atoms with Gasteiger partial charge in [0.25, 0.3) is 5.91 Å². The van der Waals surface area contributed by atoms with Crippen LogP contribution < -0.4 is 9.62 Å². The lowest BCUT2D eigenvalue weighted by Crippen LogP contribution is -2.25. The fourth-order valence-electron chi connectivity index (χ4n) is 2.28. The van der Waals surface area contributed by atoms with E-state index in [4.69, 9.17) is 16.0 Å². The minimum absolute atomic E-state index is 0.140. The summed E-state index contributed by atoms with van der Waals surface area (Å²) in [5.74, 6) is -0.113. The number of benzene rings is 1. The Kier molecular flexibility index (Phi) is 3.84. The smallest absolute Gasteiger partial charge is 0.291 e. The molecule has 1 fully saturated rings.